The second-order valence-electron chi connectivity index (χ2n) is 6.18. The van der Waals surface area contributed by atoms with Gasteiger partial charge in [-0.3, -0.25) is 4.99 Å². The van der Waals surface area contributed by atoms with Crippen molar-refractivity contribution in [3.8, 4) is 0 Å². The summed E-state index contributed by atoms with van der Waals surface area (Å²) in [5.41, 5.74) is 0.893. The van der Waals surface area contributed by atoms with E-state index >= 15 is 0 Å². The van der Waals surface area contributed by atoms with E-state index in [0.29, 0.717) is 6.54 Å². The molecule has 1 saturated heterocycles. The van der Waals surface area contributed by atoms with Crippen molar-refractivity contribution in [2.24, 2.45) is 4.99 Å². The van der Waals surface area contributed by atoms with Crippen LogP contribution in [0.1, 0.15) is 5.56 Å². The number of sulfonamides is 1. The molecule has 0 spiro atoms. The highest BCUT2D eigenvalue weighted by atomic mass is 32.2. The van der Waals surface area contributed by atoms with Gasteiger partial charge in [-0.2, -0.15) is 0 Å². The third kappa shape index (κ3) is 4.79. The fraction of sp³-hybridized carbons (Fsp3) is 0.389. The zero-order valence-electron chi connectivity index (χ0n) is 15.6. The smallest absolute Gasteiger partial charge is 0.240 e. The van der Waals surface area contributed by atoms with Crippen LogP contribution in [-0.4, -0.2) is 59.6 Å². The van der Waals surface area contributed by atoms with Gasteiger partial charge in [-0.1, -0.05) is 12.1 Å². The first kappa shape index (κ1) is 19.7. The molecule has 1 fully saturated rings. The molecule has 146 valence electrons. The predicted octanol–water partition coefficient (Wildman–Crippen LogP) is 1.55. The SMILES string of the molecule is CN=C(NCc1cccc(S(=O)(=O)NC)c1)N1CCN(c2cccs2)CC1. The summed E-state index contributed by atoms with van der Waals surface area (Å²) >= 11 is 1.76. The summed E-state index contributed by atoms with van der Waals surface area (Å²) in [5.74, 6) is 0.836. The molecule has 9 heteroatoms. The Bertz CT molecular complexity index is 873. The summed E-state index contributed by atoms with van der Waals surface area (Å²) in [6, 6.07) is 11.2. The number of thiophene rings is 1. The average molecular weight is 408 g/mol. The van der Waals surface area contributed by atoms with Gasteiger partial charge in [0.2, 0.25) is 10.0 Å². The molecular weight excluding hydrogens is 382 g/mol. The van der Waals surface area contributed by atoms with Crippen molar-refractivity contribution in [1.29, 1.82) is 0 Å². The lowest BCUT2D eigenvalue weighted by molar-refractivity contribution is 0.373. The Morgan fingerprint density at radius 3 is 2.59 bits per heavy atom. The third-order valence-corrected chi connectivity index (χ3v) is 6.88. The lowest BCUT2D eigenvalue weighted by Gasteiger charge is -2.37. The predicted molar refractivity (Wildman–Crippen MR) is 111 cm³/mol. The molecule has 1 aromatic heterocycles. The molecule has 0 radical (unpaired) electrons. The van der Waals surface area contributed by atoms with E-state index in [0.717, 1.165) is 37.7 Å². The number of rotatable bonds is 5. The van der Waals surface area contributed by atoms with Crippen molar-refractivity contribution < 1.29 is 8.42 Å². The van der Waals surface area contributed by atoms with Crippen LogP contribution >= 0.6 is 11.3 Å². The second kappa shape index (κ2) is 8.73. The van der Waals surface area contributed by atoms with E-state index in [9.17, 15) is 8.42 Å². The normalized spacial score (nSPS) is 15.9. The molecule has 1 aliphatic rings. The lowest BCUT2D eigenvalue weighted by Crippen LogP contribution is -2.52. The van der Waals surface area contributed by atoms with Crippen LogP contribution in [0.3, 0.4) is 0 Å². The quantitative estimate of drug-likeness (QED) is 0.581. The highest BCUT2D eigenvalue weighted by molar-refractivity contribution is 7.89. The maximum atomic E-state index is 12.0. The first-order valence-electron chi connectivity index (χ1n) is 8.80. The van der Waals surface area contributed by atoms with E-state index in [-0.39, 0.29) is 4.90 Å². The number of aliphatic imine (C=N–C) groups is 1. The molecule has 2 N–H and O–H groups in total. The Balaban J connectivity index is 1.58. The maximum Gasteiger partial charge on any atom is 0.240 e. The molecule has 0 saturated carbocycles. The summed E-state index contributed by atoms with van der Waals surface area (Å²) in [5, 5.41) is 6.75. The Labute approximate surface area is 164 Å². The maximum absolute atomic E-state index is 12.0. The molecule has 0 aliphatic carbocycles. The zero-order chi connectivity index (χ0) is 19.3. The van der Waals surface area contributed by atoms with Crippen LogP contribution in [-0.2, 0) is 16.6 Å². The number of guanidine groups is 1. The number of nitrogens with zero attached hydrogens (tertiary/aromatic N) is 3. The van der Waals surface area contributed by atoms with Gasteiger partial charge in [-0.05, 0) is 42.3 Å². The van der Waals surface area contributed by atoms with Gasteiger partial charge in [0.25, 0.3) is 0 Å². The minimum Gasteiger partial charge on any atom is -0.360 e. The van der Waals surface area contributed by atoms with Gasteiger partial charge in [-0.25, -0.2) is 13.1 Å². The van der Waals surface area contributed by atoms with E-state index in [2.05, 4.69) is 42.3 Å². The zero-order valence-corrected chi connectivity index (χ0v) is 17.2. The van der Waals surface area contributed by atoms with Crippen LogP contribution < -0.4 is 14.9 Å². The van der Waals surface area contributed by atoms with Gasteiger partial charge in [0.05, 0.1) is 9.90 Å². The van der Waals surface area contributed by atoms with Crippen LogP contribution in [0, 0.1) is 0 Å². The molecule has 0 amide bonds. The minimum absolute atomic E-state index is 0.267. The van der Waals surface area contributed by atoms with Gasteiger partial charge in [0, 0.05) is 39.8 Å². The standard InChI is InChI=1S/C18H25N5O2S2/c1-19-18(23-10-8-22(9-11-23)17-7-4-12-26-17)21-14-15-5-3-6-16(13-15)27(24,25)20-2/h3-7,12-13,20H,8-11,14H2,1-2H3,(H,19,21). The van der Waals surface area contributed by atoms with Crippen LogP contribution in [0.15, 0.2) is 51.7 Å². The summed E-state index contributed by atoms with van der Waals surface area (Å²) in [6.45, 7) is 4.22. The van der Waals surface area contributed by atoms with E-state index in [4.69, 9.17) is 0 Å². The van der Waals surface area contributed by atoms with Gasteiger partial charge in [-0.15, -0.1) is 11.3 Å². The molecule has 0 bridgehead atoms. The van der Waals surface area contributed by atoms with Crippen LogP contribution in [0.25, 0.3) is 0 Å². The van der Waals surface area contributed by atoms with Gasteiger partial charge < -0.3 is 15.1 Å². The molecule has 7 nitrogen and oxygen atoms in total. The number of piperazine rings is 1. The fourth-order valence-corrected chi connectivity index (χ4v) is 4.63. The molecule has 3 rings (SSSR count). The average Bonchev–Trinajstić information content (AvgIpc) is 3.24. The molecule has 2 aromatic rings. The van der Waals surface area contributed by atoms with E-state index in [1.807, 2.05) is 6.07 Å². The lowest BCUT2D eigenvalue weighted by atomic mass is 10.2. The molecular formula is C18H25N5O2S2. The van der Waals surface area contributed by atoms with Crippen molar-refractivity contribution in [3.05, 3.63) is 47.3 Å². The molecule has 0 unspecified atom stereocenters. The number of hydrogen-bond donors (Lipinski definition) is 2. The van der Waals surface area contributed by atoms with Crippen LogP contribution in [0.2, 0.25) is 0 Å². The van der Waals surface area contributed by atoms with E-state index in [1.165, 1.54) is 12.0 Å². The van der Waals surface area contributed by atoms with Crippen molar-refractivity contribution >= 4 is 32.3 Å². The minimum atomic E-state index is -3.44. The highest BCUT2D eigenvalue weighted by Crippen LogP contribution is 2.22. The first-order valence-corrected chi connectivity index (χ1v) is 11.2. The number of hydrogen-bond acceptors (Lipinski definition) is 5. The van der Waals surface area contributed by atoms with Gasteiger partial charge in [0.15, 0.2) is 5.96 Å². The fourth-order valence-electron chi connectivity index (χ4n) is 3.04. The van der Waals surface area contributed by atoms with Gasteiger partial charge in [0.1, 0.15) is 0 Å². The molecule has 27 heavy (non-hydrogen) atoms. The van der Waals surface area contributed by atoms with Gasteiger partial charge >= 0.3 is 0 Å². The first-order chi connectivity index (χ1) is 13.0. The van der Waals surface area contributed by atoms with Crippen LogP contribution in [0.4, 0.5) is 5.00 Å². The van der Waals surface area contributed by atoms with Crippen LogP contribution in [0.5, 0.6) is 0 Å². The summed E-state index contributed by atoms with van der Waals surface area (Å²) < 4.78 is 26.3. The Hall–Kier alpha value is -2.10. The summed E-state index contributed by atoms with van der Waals surface area (Å²) in [4.78, 5) is 9.28. The molecule has 1 aromatic carbocycles. The molecule has 0 atom stereocenters. The van der Waals surface area contributed by atoms with Crippen molar-refractivity contribution in [3.63, 3.8) is 0 Å². The second-order valence-corrected chi connectivity index (χ2v) is 8.99. The van der Waals surface area contributed by atoms with Crippen molar-refractivity contribution in [1.82, 2.24) is 14.9 Å². The monoisotopic (exact) mass is 407 g/mol. The number of benzene rings is 1. The number of anilines is 1. The highest BCUT2D eigenvalue weighted by Gasteiger charge is 2.20. The Morgan fingerprint density at radius 1 is 1.19 bits per heavy atom. The summed E-state index contributed by atoms with van der Waals surface area (Å²) in [7, 11) is -0.248. The van der Waals surface area contributed by atoms with Crippen molar-refractivity contribution in [2.75, 3.05) is 45.2 Å². The Kier molecular flexibility index (Phi) is 6.35. The van der Waals surface area contributed by atoms with E-state index < -0.39 is 10.0 Å². The molecule has 1 aliphatic heterocycles. The molecule has 2 heterocycles. The van der Waals surface area contributed by atoms with Crippen molar-refractivity contribution in [2.45, 2.75) is 11.4 Å². The largest absolute Gasteiger partial charge is 0.360 e. The summed E-state index contributed by atoms with van der Waals surface area (Å²) in [6.07, 6.45) is 0. The third-order valence-electron chi connectivity index (χ3n) is 4.54. The topological polar surface area (TPSA) is 77.0 Å². The van der Waals surface area contributed by atoms with E-state index in [1.54, 1.807) is 36.6 Å². The Morgan fingerprint density at radius 2 is 1.96 bits per heavy atom. The number of nitrogens with one attached hydrogen (secondary N) is 2.